The van der Waals surface area contributed by atoms with Crippen molar-refractivity contribution < 1.29 is 14.3 Å². The Hall–Kier alpha value is -1.84. The average Bonchev–Trinajstić information content (AvgIpc) is 2.83. The number of nitrogens with zero attached hydrogens (tertiary/aromatic N) is 1. The van der Waals surface area contributed by atoms with E-state index in [4.69, 9.17) is 4.74 Å². The second-order valence-corrected chi connectivity index (χ2v) is 6.53. The van der Waals surface area contributed by atoms with Crippen LogP contribution in [-0.4, -0.2) is 30.1 Å². The van der Waals surface area contributed by atoms with Gasteiger partial charge in [-0.1, -0.05) is 23.8 Å². The molecule has 4 aliphatic rings. The molecule has 1 saturated carbocycles. The van der Waals surface area contributed by atoms with Crippen LogP contribution in [0.5, 0.6) is 0 Å². The van der Waals surface area contributed by atoms with Gasteiger partial charge >= 0.3 is 6.09 Å². The molecule has 21 heavy (non-hydrogen) atoms. The van der Waals surface area contributed by atoms with Crippen LogP contribution >= 0.6 is 0 Å². The zero-order valence-electron chi connectivity index (χ0n) is 12.2. The topological polar surface area (TPSA) is 46.6 Å². The molecule has 1 heterocycles. The van der Waals surface area contributed by atoms with Crippen LogP contribution in [0.15, 0.2) is 18.2 Å². The Morgan fingerprint density at radius 1 is 1.33 bits per heavy atom. The van der Waals surface area contributed by atoms with Gasteiger partial charge in [0, 0.05) is 6.42 Å². The Kier molecular flexibility index (Phi) is 2.81. The van der Waals surface area contributed by atoms with Crippen LogP contribution in [0.3, 0.4) is 0 Å². The van der Waals surface area contributed by atoms with Gasteiger partial charge in [-0.15, -0.1) is 0 Å². The van der Waals surface area contributed by atoms with Crippen molar-refractivity contribution in [3.63, 3.8) is 0 Å². The Balaban J connectivity index is 1.59. The molecule has 0 N–H and O–H groups in total. The van der Waals surface area contributed by atoms with Gasteiger partial charge in [0.05, 0.1) is 6.54 Å². The first kappa shape index (κ1) is 12.9. The van der Waals surface area contributed by atoms with Crippen LogP contribution in [0.4, 0.5) is 4.79 Å². The lowest BCUT2D eigenvalue weighted by Crippen LogP contribution is -2.39. The summed E-state index contributed by atoms with van der Waals surface area (Å²) in [5.74, 6) is 1.48. The number of benzene rings is 1. The number of aryl methyl sites for hydroxylation is 1. The van der Waals surface area contributed by atoms with Gasteiger partial charge in [0.2, 0.25) is 5.91 Å². The van der Waals surface area contributed by atoms with E-state index < -0.39 is 6.09 Å². The highest BCUT2D eigenvalue weighted by atomic mass is 16.6. The molecule has 1 unspecified atom stereocenters. The van der Waals surface area contributed by atoms with Crippen molar-refractivity contribution in [1.29, 1.82) is 0 Å². The Bertz CT molecular complexity index is 618. The van der Waals surface area contributed by atoms with E-state index in [-0.39, 0.29) is 11.8 Å². The fourth-order valence-corrected chi connectivity index (χ4v) is 4.08. The minimum atomic E-state index is -0.480. The van der Waals surface area contributed by atoms with Crippen molar-refractivity contribution >= 4 is 12.0 Å². The highest BCUT2D eigenvalue weighted by Gasteiger charge is 2.45. The van der Waals surface area contributed by atoms with Crippen LogP contribution in [0.2, 0.25) is 0 Å². The molecule has 4 heteroatoms. The molecule has 0 aromatic heterocycles. The second-order valence-electron chi connectivity index (χ2n) is 6.53. The van der Waals surface area contributed by atoms with Crippen molar-refractivity contribution in [2.45, 2.75) is 38.0 Å². The van der Waals surface area contributed by atoms with Crippen LogP contribution in [-0.2, 0) is 9.53 Å². The first-order valence-corrected chi connectivity index (χ1v) is 7.71. The van der Waals surface area contributed by atoms with Crippen LogP contribution in [0.25, 0.3) is 0 Å². The summed E-state index contributed by atoms with van der Waals surface area (Å²) in [7, 11) is 0. The minimum absolute atomic E-state index is 0.0839. The van der Waals surface area contributed by atoms with E-state index in [0.717, 1.165) is 0 Å². The van der Waals surface area contributed by atoms with Crippen molar-refractivity contribution in [2.75, 3.05) is 13.2 Å². The Morgan fingerprint density at radius 3 is 2.86 bits per heavy atom. The molecule has 110 valence electrons. The summed E-state index contributed by atoms with van der Waals surface area (Å²) in [4.78, 5) is 25.2. The molecular formula is C17H19NO3. The summed E-state index contributed by atoms with van der Waals surface area (Å²) in [5, 5.41) is 0. The molecule has 1 aromatic rings. The molecule has 2 amide bonds. The number of cyclic esters (lactones) is 1. The average molecular weight is 285 g/mol. The third-order valence-corrected chi connectivity index (χ3v) is 5.28. The number of imide groups is 1. The molecule has 3 aliphatic carbocycles. The van der Waals surface area contributed by atoms with E-state index in [1.54, 1.807) is 0 Å². The summed E-state index contributed by atoms with van der Waals surface area (Å²) in [5.41, 5.74) is 4.04. The zero-order chi connectivity index (χ0) is 14.6. The third kappa shape index (κ3) is 1.96. The fourth-order valence-electron chi connectivity index (χ4n) is 4.08. The SMILES string of the molecule is Cc1ccc2c(c1)C1CC(C1)C2CC(=O)N1CCOC1=O. The molecular weight excluding hydrogens is 266 g/mol. The Labute approximate surface area is 124 Å². The smallest absolute Gasteiger partial charge is 0.416 e. The second kappa shape index (κ2) is 4.58. The Morgan fingerprint density at radius 2 is 2.14 bits per heavy atom. The number of rotatable bonds is 2. The van der Waals surface area contributed by atoms with E-state index in [9.17, 15) is 9.59 Å². The first-order chi connectivity index (χ1) is 10.1. The summed E-state index contributed by atoms with van der Waals surface area (Å²) in [6.45, 7) is 2.85. The van der Waals surface area contributed by atoms with Crippen LogP contribution in [0, 0.1) is 12.8 Å². The van der Waals surface area contributed by atoms with Gasteiger partial charge in [0.15, 0.2) is 0 Å². The van der Waals surface area contributed by atoms with Gasteiger partial charge in [0.1, 0.15) is 6.61 Å². The van der Waals surface area contributed by atoms with Crippen LogP contribution < -0.4 is 0 Å². The number of ether oxygens (including phenoxy) is 1. The maximum Gasteiger partial charge on any atom is 0.416 e. The van der Waals surface area contributed by atoms with Crippen molar-refractivity contribution in [3.8, 4) is 0 Å². The highest BCUT2D eigenvalue weighted by Crippen LogP contribution is 2.57. The van der Waals surface area contributed by atoms with E-state index >= 15 is 0 Å². The lowest BCUT2D eigenvalue weighted by Gasteiger charge is -2.48. The molecule has 1 atom stereocenters. The van der Waals surface area contributed by atoms with Crippen molar-refractivity contribution in [1.82, 2.24) is 4.90 Å². The van der Waals surface area contributed by atoms with E-state index in [0.29, 0.717) is 31.4 Å². The van der Waals surface area contributed by atoms with Gasteiger partial charge in [0.25, 0.3) is 0 Å². The number of amides is 2. The molecule has 1 saturated heterocycles. The number of hydrogen-bond donors (Lipinski definition) is 0. The van der Waals surface area contributed by atoms with E-state index in [2.05, 4.69) is 25.1 Å². The highest BCUT2D eigenvalue weighted by molar-refractivity contribution is 5.93. The minimum Gasteiger partial charge on any atom is -0.447 e. The predicted octanol–water partition coefficient (Wildman–Crippen LogP) is 2.95. The monoisotopic (exact) mass is 285 g/mol. The number of carbonyl (C=O) groups excluding carboxylic acids is 2. The molecule has 2 bridgehead atoms. The molecule has 1 aliphatic heterocycles. The largest absolute Gasteiger partial charge is 0.447 e. The maximum absolute atomic E-state index is 12.4. The van der Waals surface area contributed by atoms with Gasteiger partial charge in [-0.3, -0.25) is 4.79 Å². The summed E-state index contributed by atoms with van der Waals surface area (Å²) >= 11 is 0. The van der Waals surface area contributed by atoms with Gasteiger partial charge in [-0.25, -0.2) is 9.69 Å². The lowest BCUT2D eigenvalue weighted by atomic mass is 9.56. The fraction of sp³-hybridized carbons (Fsp3) is 0.529. The van der Waals surface area contributed by atoms with Gasteiger partial charge < -0.3 is 4.74 Å². The lowest BCUT2D eigenvalue weighted by molar-refractivity contribution is -0.128. The summed E-state index contributed by atoms with van der Waals surface area (Å²) < 4.78 is 4.86. The molecule has 0 radical (unpaired) electrons. The molecule has 2 fully saturated rings. The molecule has 5 rings (SSSR count). The molecule has 1 aromatic carbocycles. The van der Waals surface area contributed by atoms with Gasteiger partial charge in [-0.2, -0.15) is 0 Å². The molecule has 4 nitrogen and oxygen atoms in total. The summed E-state index contributed by atoms with van der Waals surface area (Å²) in [6.07, 6.45) is 2.34. The maximum atomic E-state index is 12.4. The zero-order valence-corrected chi connectivity index (χ0v) is 12.2. The number of carbonyl (C=O) groups is 2. The number of hydrogen-bond acceptors (Lipinski definition) is 3. The predicted molar refractivity (Wildman–Crippen MR) is 77.1 cm³/mol. The van der Waals surface area contributed by atoms with Crippen LogP contribution in [0.1, 0.15) is 47.8 Å². The summed E-state index contributed by atoms with van der Waals surface area (Å²) in [6, 6.07) is 6.59. The van der Waals surface area contributed by atoms with Gasteiger partial charge in [-0.05, 0) is 48.6 Å². The van der Waals surface area contributed by atoms with Crippen molar-refractivity contribution in [2.24, 2.45) is 5.92 Å². The third-order valence-electron chi connectivity index (χ3n) is 5.28. The van der Waals surface area contributed by atoms with E-state index in [1.807, 2.05) is 0 Å². The molecule has 0 spiro atoms. The van der Waals surface area contributed by atoms with Crippen molar-refractivity contribution in [3.05, 3.63) is 34.9 Å². The quantitative estimate of drug-likeness (QED) is 0.839. The van der Waals surface area contributed by atoms with E-state index in [1.165, 1.54) is 34.4 Å². The normalized spacial score (nSPS) is 29.7. The standard InChI is InChI=1S/C17H19NO3/c1-10-2-3-13-14(6-10)11-7-12(8-11)15(13)9-16(19)18-4-5-21-17(18)20/h2-3,6,11-12,15H,4-5,7-9H2,1H3. The first-order valence-electron chi connectivity index (χ1n) is 7.71.